The van der Waals surface area contributed by atoms with Gasteiger partial charge in [0.2, 0.25) is 5.91 Å². The van der Waals surface area contributed by atoms with E-state index in [4.69, 9.17) is 5.73 Å². The molecule has 0 bridgehead atoms. The van der Waals surface area contributed by atoms with E-state index in [0.29, 0.717) is 63.0 Å². The zero-order valence-corrected chi connectivity index (χ0v) is 24.7. The number of piperidine rings is 1. The Labute approximate surface area is 250 Å². The van der Waals surface area contributed by atoms with Crippen LogP contribution in [0.4, 0.5) is 8.78 Å². The van der Waals surface area contributed by atoms with Crippen molar-refractivity contribution in [1.82, 2.24) is 15.1 Å². The number of benzene rings is 2. The summed E-state index contributed by atoms with van der Waals surface area (Å²) in [6.45, 7) is 2.95. The minimum absolute atomic E-state index is 0.0291. The van der Waals surface area contributed by atoms with Crippen molar-refractivity contribution in [3.8, 4) is 0 Å². The Morgan fingerprint density at radius 2 is 1.64 bits per heavy atom. The van der Waals surface area contributed by atoms with Gasteiger partial charge in [0.25, 0.3) is 5.91 Å². The average molecular weight is 595 g/mol. The Hall–Kier alpha value is -3.14. The number of carbonyl (C=O) groups excluding carboxylic acids is 2. The summed E-state index contributed by atoms with van der Waals surface area (Å²) in [5.74, 6) is -0.226. The number of likely N-dealkylation sites (tertiary alicyclic amines) is 1. The molecule has 42 heavy (non-hydrogen) atoms. The van der Waals surface area contributed by atoms with Gasteiger partial charge in [0, 0.05) is 42.7 Å². The van der Waals surface area contributed by atoms with E-state index in [1.165, 1.54) is 41.3 Å². The van der Waals surface area contributed by atoms with Crippen molar-refractivity contribution in [1.29, 1.82) is 0 Å². The summed E-state index contributed by atoms with van der Waals surface area (Å²) >= 11 is 1.68. The fraction of sp³-hybridized carbons (Fsp3) is 0.455. The van der Waals surface area contributed by atoms with Crippen LogP contribution < -0.4 is 11.1 Å². The van der Waals surface area contributed by atoms with E-state index in [9.17, 15) is 18.4 Å². The number of halogens is 2. The minimum Gasteiger partial charge on any atom is -0.354 e. The van der Waals surface area contributed by atoms with Crippen LogP contribution in [0.2, 0.25) is 0 Å². The van der Waals surface area contributed by atoms with E-state index in [-0.39, 0.29) is 23.7 Å². The molecule has 0 radical (unpaired) electrons. The molecule has 5 rings (SSSR count). The molecule has 9 heteroatoms. The molecule has 224 valence electrons. The van der Waals surface area contributed by atoms with Gasteiger partial charge in [-0.2, -0.15) is 0 Å². The fourth-order valence-corrected chi connectivity index (χ4v) is 7.16. The Bertz CT molecular complexity index is 1300. The SMILES string of the molecule is NCC1CCCC(CNC(=O)[C@H]2CC(N(Cc3ccc(F)cc3)Cc3cccs3)CCN2C(=O)c2ccc(F)cc2)C1. The molecule has 1 aliphatic heterocycles. The molecule has 3 N–H and O–H groups in total. The minimum atomic E-state index is -0.658. The van der Waals surface area contributed by atoms with Gasteiger partial charge in [0.1, 0.15) is 17.7 Å². The molecule has 2 aliphatic rings. The lowest BCUT2D eigenvalue weighted by Crippen LogP contribution is -2.57. The monoisotopic (exact) mass is 594 g/mol. The number of hydrogen-bond donors (Lipinski definition) is 2. The second-order valence-corrected chi connectivity index (χ2v) is 12.7. The molecule has 2 aromatic carbocycles. The summed E-state index contributed by atoms with van der Waals surface area (Å²) in [6.07, 6.45) is 5.48. The molecule has 1 aliphatic carbocycles. The number of amides is 2. The van der Waals surface area contributed by atoms with Crippen molar-refractivity contribution in [2.75, 3.05) is 19.6 Å². The van der Waals surface area contributed by atoms with Gasteiger partial charge in [-0.05, 0) is 104 Å². The van der Waals surface area contributed by atoms with Crippen LogP contribution in [0.3, 0.4) is 0 Å². The number of rotatable bonds is 10. The quantitative estimate of drug-likeness (QED) is 0.321. The summed E-state index contributed by atoms with van der Waals surface area (Å²) < 4.78 is 27.2. The second-order valence-electron chi connectivity index (χ2n) is 11.7. The molecule has 2 amide bonds. The van der Waals surface area contributed by atoms with Crippen LogP contribution in [0.25, 0.3) is 0 Å². The second kappa shape index (κ2) is 14.4. The highest BCUT2D eigenvalue weighted by molar-refractivity contribution is 7.09. The van der Waals surface area contributed by atoms with Gasteiger partial charge in [-0.1, -0.05) is 24.6 Å². The first-order chi connectivity index (χ1) is 20.4. The smallest absolute Gasteiger partial charge is 0.254 e. The molecular weight excluding hydrogens is 554 g/mol. The third-order valence-corrected chi connectivity index (χ3v) is 9.63. The lowest BCUT2D eigenvalue weighted by Gasteiger charge is -2.43. The van der Waals surface area contributed by atoms with Gasteiger partial charge < -0.3 is 16.0 Å². The molecule has 1 aromatic heterocycles. The standard InChI is InChI=1S/C33H40F2N4O2S/c34-27-10-6-23(7-11-27)21-38(22-30-5-2-16-42-30)29-14-15-39(33(41)26-8-12-28(35)13-9-26)31(18-29)32(40)37-20-25-4-1-3-24(17-25)19-36/h2,5-13,16,24-25,29,31H,1,3-4,14-15,17-22,36H2,(H,37,40)/t24?,25?,29?,31-/m1/s1. The molecule has 6 nitrogen and oxygen atoms in total. The van der Waals surface area contributed by atoms with Gasteiger partial charge >= 0.3 is 0 Å². The van der Waals surface area contributed by atoms with E-state index >= 15 is 0 Å². The topological polar surface area (TPSA) is 78.7 Å². The lowest BCUT2D eigenvalue weighted by molar-refractivity contribution is -0.128. The Balaban J connectivity index is 1.35. The molecule has 3 aromatic rings. The summed E-state index contributed by atoms with van der Waals surface area (Å²) in [4.78, 5) is 32.7. The first-order valence-electron chi connectivity index (χ1n) is 14.9. The lowest BCUT2D eigenvalue weighted by atomic mass is 9.81. The molecular formula is C33H40F2N4O2S. The Morgan fingerprint density at radius 3 is 2.33 bits per heavy atom. The predicted molar refractivity (Wildman–Crippen MR) is 162 cm³/mol. The summed E-state index contributed by atoms with van der Waals surface area (Å²) in [5.41, 5.74) is 7.29. The van der Waals surface area contributed by atoms with E-state index in [1.54, 1.807) is 28.4 Å². The van der Waals surface area contributed by atoms with Gasteiger partial charge in [-0.15, -0.1) is 11.3 Å². The van der Waals surface area contributed by atoms with Crippen LogP contribution in [0.5, 0.6) is 0 Å². The van der Waals surface area contributed by atoms with E-state index in [2.05, 4.69) is 16.3 Å². The van der Waals surface area contributed by atoms with E-state index in [1.807, 2.05) is 11.4 Å². The van der Waals surface area contributed by atoms with Crippen LogP contribution in [0.15, 0.2) is 66.0 Å². The number of nitrogens with two attached hydrogens (primary N) is 1. The van der Waals surface area contributed by atoms with Gasteiger partial charge in [-0.25, -0.2) is 8.78 Å². The third kappa shape index (κ3) is 7.82. The van der Waals surface area contributed by atoms with Crippen molar-refractivity contribution >= 4 is 23.2 Å². The first kappa shape index (κ1) is 30.3. The molecule has 3 unspecified atom stereocenters. The molecule has 2 heterocycles. The molecule has 1 saturated heterocycles. The molecule has 1 saturated carbocycles. The third-order valence-electron chi connectivity index (χ3n) is 8.77. The van der Waals surface area contributed by atoms with Crippen LogP contribution in [-0.4, -0.2) is 53.3 Å². The maximum Gasteiger partial charge on any atom is 0.254 e. The highest BCUT2D eigenvalue weighted by atomic mass is 32.1. The maximum atomic E-state index is 13.8. The van der Waals surface area contributed by atoms with Crippen LogP contribution >= 0.6 is 11.3 Å². The maximum absolute atomic E-state index is 13.8. The highest BCUT2D eigenvalue weighted by Crippen LogP contribution is 2.30. The number of carbonyl (C=O) groups is 2. The van der Waals surface area contributed by atoms with Crippen molar-refractivity contribution < 1.29 is 18.4 Å². The zero-order chi connectivity index (χ0) is 29.5. The highest BCUT2D eigenvalue weighted by Gasteiger charge is 2.39. The van der Waals surface area contributed by atoms with Crippen molar-refractivity contribution in [2.45, 2.75) is 63.7 Å². The largest absolute Gasteiger partial charge is 0.354 e. The van der Waals surface area contributed by atoms with Crippen LogP contribution in [-0.2, 0) is 17.9 Å². The summed E-state index contributed by atoms with van der Waals surface area (Å²) in [5, 5.41) is 5.23. The zero-order valence-electron chi connectivity index (χ0n) is 23.9. The Morgan fingerprint density at radius 1 is 0.929 bits per heavy atom. The summed E-state index contributed by atoms with van der Waals surface area (Å²) in [6, 6.07) is 15.5. The number of thiophene rings is 1. The average Bonchev–Trinajstić information content (AvgIpc) is 3.54. The van der Waals surface area contributed by atoms with Crippen molar-refractivity contribution in [2.24, 2.45) is 17.6 Å². The first-order valence-corrected chi connectivity index (χ1v) is 15.8. The number of nitrogens with one attached hydrogen (secondary N) is 1. The Kier molecular flexibility index (Phi) is 10.4. The molecule has 4 atom stereocenters. The van der Waals surface area contributed by atoms with Crippen LogP contribution in [0.1, 0.15) is 59.3 Å². The van der Waals surface area contributed by atoms with Crippen molar-refractivity contribution in [3.63, 3.8) is 0 Å². The van der Waals surface area contributed by atoms with Crippen molar-refractivity contribution in [3.05, 3.63) is 93.7 Å². The number of hydrogen-bond acceptors (Lipinski definition) is 5. The predicted octanol–water partition coefficient (Wildman–Crippen LogP) is 5.58. The fourth-order valence-electron chi connectivity index (χ4n) is 6.43. The summed E-state index contributed by atoms with van der Waals surface area (Å²) in [7, 11) is 0. The van der Waals surface area contributed by atoms with Crippen LogP contribution in [0, 0.1) is 23.5 Å². The van der Waals surface area contributed by atoms with E-state index < -0.39 is 11.9 Å². The molecule has 0 spiro atoms. The molecule has 2 fully saturated rings. The normalized spacial score (nSPS) is 22.7. The van der Waals surface area contributed by atoms with Gasteiger partial charge in [-0.3, -0.25) is 14.5 Å². The van der Waals surface area contributed by atoms with Gasteiger partial charge in [0.15, 0.2) is 0 Å². The van der Waals surface area contributed by atoms with Gasteiger partial charge in [0.05, 0.1) is 0 Å². The number of nitrogens with zero attached hydrogens (tertiary/aromatic N) is 2. The van der Waals surface area contributed by atoms with E-state index in [0.717, 1.165) is 31.2 Å².